The molecule has 0 saturated heterocycles. The molecule has 0 bridgehead atoms. The Hall–Kier alpha value is -2.51. The Kier molecular flexibility index (Phi) is 6.01. The number of hydrogen-bond donors (Lipinski definition) is 1. The van der Waals surface area contributed by atoms with E-state index in [-0.39, 0.29) is 0 Å². The molecular formula is C26H29O3P. The molecule has 0 unspecified atom stereocenters. The molecule has 3 aromatic rings. The number of phenolic OH excluding ortho intramolecular Hbond substituents is 1. The maximum absolute atomic E-state index is 11.5. The average Bonchev–Trinajstić information content (AvgIpc) is 2.77. The largest absolute Gasteiger partial charge is 0.507 e. The lowest BCUT2D eigenvalue weighted by Gasteiger charge is -2.28. The smallest absolute Gasteiger partial charge is 0.127 e. The molecule has 0 heterocycles. The summed E-state index contributed by atoms with van der Waals surface area (Å²) in [5, 5.41) is 14.7. The van der Waals surface area contributed by atoms with Crippen LogP contribution in [0.25, 0.3) is 0 Å². The van der Waals surface area contributed by atoms with Gasteiger partial charge in [-0.2, -0.15) is 0 Å². The van der Waals surface area contributed by atoms with Crippen LogP contribution in [-0.4, -0.2) is 19.3 Å². The lowest BCUT2D eigenvalue weighted by atomic mass is 9.91. The third-order valence-corrected chi connectivity index (χ3v) is 8.89. The van der Waals surface area contributed by atoms with Gasteiger partial charge in [-0.25, -0.2) is 0 Å². The molecule has 156 valence electrons. The summed E-state index contributed by atoms with van der Waals surface area (Å²) < 4.78 is 11.6. The molecule has 3 aromatic carbocycles. The molecule has 0 fully saturated rings. The minimum Gasteiger partial charge on any atom is -0.507 e. The summed E-state index contributed by atoms with van der Waals surface area (Å²) in [5.41, 5.74) is 4.71. The van der Waals surface area contributed by atoms with E-state index >= 15 is 0 Å². The topological polar surface area (TPSA) is 38.7 Å². The molecule has 4 rings (SSSR count). The molecule has 30 heavy (non-hydrogen) atoms. The Morgan fingerprint density at radius 2 is 1.33 bits per heavy atom. The molecule has 0 aliphatic heterocycles. The van der Waals surface area contributed by atoms with Gasteiger partial charge in [0.25, 0.3) is 0 Å². The first-order valence-corrected chi connectivity index (χ1v) is 11.8. The number of phenols is 1. The molecule has 0 radical (unpaired) electrons. The first-order chi connectivity index (χ1) is 14.6. The van der Waals surface area contributed by atoms with Gasteiger partial charge < -0.3 is 14.6 Å². The van der Waals surface area contributed by atoms with Crippen LogP contribution in [0.3, 0.4) is 0 Å². The van der Waals surface area contributed by atoms with Crippen molar-refractivity contribution in [1.29, 1.82) is 0 Å². The van der Waals surface area contributed by atoms with Crippen LogP contribution in [0, 0.1) is 13.8 Å². The van der Waals surface area contributed by atoms with Crippen LogP contribution in [-0.2, 0) is 12.8 Å². The Morgan fingerprint density at radius 3 is 1.90 bits per heavy atom. The fourth-order valence-electron chi connectivity index (χ4n) is 4.50. The van der Waals surface area contributed by atoms with Crippen LogP contribution < -0.4 is 25.4 Å². The molecule has 1 aliphatic carbocycles. The zero-order valence-corrected chi connectivity index (χ0v) is 19.1. The zero-order valence-electron chi connectivity index (χ0n) is 18.2. The third-order valence-electron chi connectivity index (χ3n) is 6.01. The van der Waals surface area contributed by atoms with Crippen LogP contribution in [0.5, 0.6) is 17.2 Å². The fourth-order valence-corrected chi connectivity index (χ4v) is 7.40. The molecule has 0 spiro atoms. The summed E-state index contributed by atoms with van der Waals surface area (Å²) in [6.45, 7) is 4.24. The van der Waals surface area contributed by atoms with E-state index in [4.69, 9.17) is 9.47 Å². The summed E-state index contributed by atoms with van der Waals surface area (Å²) >= 11 is 0. The summed E-state index contributed by atoms with van der Waals surface area (Å²) in [4.78, 5) is 0. The van der Waals surface area contributed by atoms with Gasteiger partial charge in [-0.15, -0.1) is 0 Å². The predicted molar refractivity (Wildman–Crippen MR) is 126 cm³/mol. The number of methoxy groups -OCH3 is 2. The highest BCUT2D eigenvalue weighted by atomic mass is 31.1. The summed E-state index contributed by atoms with van der Waals surface area (Å²) in [6.07, 6.45) is 4.30. The highest BCUT2D eigenvalue weighted by molar-refractivity contribution is 7.80. The number of hydrogen-bond acceptors (Lipinski definition) is 3. The van der Waals surface area contributed by atoms with E-state index < -0.39 is 7.92 Å². The average molecular weight is 420 g/mol. The van der Waals surface area contributed by atoms with Crippen molar-refractivity contribution in [2.75, 3.05) is 14.2 Å². The Bertz CT molecular complexity index is 1020. The van der Waals surface area contributed by atoms with Crippen molar-refractivity contribution >= 4 is 23.8 Å². The molecule has 0 aromatic heterocycles. The van der Waals surface area contributed by atoms with Crippen molar-refractivity contribution in [3.8, 4) is 17.2 Å². The minimum absolute atomic E-state index is 0.453. The molecule has 0 amide bonds. The standard InChI is InChI=1S/C26H29O3P/c1-17-9-7-13-21(28-3)25(17)30(26-18(2)10-8-14-22(26)29-4)23-16-15-19-11-5-6-12-20(19)24(23)27/h7-10,13-16,27H,5-6,11-12H2,1-4H3. The minimum atomic E-state index is -1.08. The van der Waals surface area contributed by atoms with E-state index in [1.807, 2.05) is 24.3 Å². The van der Waals surface area contributed by atoms with E-state index in [1.165, 1.54) is 12.0 Å². The number of aryl methyl sites for hydroxylation is 3. The van der Waals surface area contributed by atoms with E-state index in [2.05, 4.69) is 38.1 Å². The summed E-state index contributed by atoms with van der Waals surface area (Å²) in [7, 11) is 2.35. The highest BCUT2D eigenvalue weighted by Gasteiger charge is 2.30. The van der Waals surface area contributed by atoms with Gasteiger partial charge >= 0.3 is 0 Å². The summed E-state index contributed by atoms with van der Waals surface area (Å²) in [6, 6.07) is 16.6. The van der Waals surface area contributed by atoms with E-state index in [0.29, 0.717) is 5.75 Å². The zero-order chi connectivity index (χ0) is 21.3. The SMILES string of the molecule is COc1cccc(C)c1P(c1ccc2c(c1O)CCCC2)c1c(C)cccc1OC. The van der Waals surface area contributed by atoms with Crippen molar-refractivity contribution in [3.63, 3.8) is 0 Å². The van der Waals surface area contributed by atoms with E-state index in [9.17, 15) is 5.11 Å². The van der Waals surface area contributed by atoms with E-state index in [0.717, 1.165) is 63.4 Å². The van der Waals surface area contributed by atoms with Crippen LogP contribution in [0.15, 0.2) is 48.5 Å². The van der Waals surface area contributed by atoms with Crippen molar-refractivity contribution < 1.29 is 14.6 Å². The maximum atomic E-state index is 11.5. The quantitative estimate of drug-likeness (QED) is 0.610. The second-order valence-corrected chi connectivity index (χ2v) is 9.91. The lowest BCUT2D eigenvalue weighted by Crippen LogP contribution is -2.27. The van der Waals surface area contributed by atoms with Crippen LogP contribution in [0.2, 0.25) is 0 Å². The molecular weight excluding hydrogens is 391 g/mol. The van der Waals surface area contributed by atoms with Gasteiger partial charge in [-0.3, -0.25) is 0 Å². The van der Waals surface area contributed by atoms with Gasteiger partial charge in [0.1, 0.15) is 17.2 Å². The lowest BCUT2D eigenvalue weighted by molar-refractivity contribution is 0.417. The van der Waals surface area contributed by atoms with E-state index in [1.54, 1.807) is 14.2 Å². The van der Waals surface area contributed by atoms with Gasteiger partial charge in [-0.1, -0.05) is 30.3 Å². The maximum Gasteiger partial charge on any atom is 0.127 e. The second kappa shape index (κ2) is 8.70. The molecule has 4 heteroatoms. The van der Waals surface area contributed by atoms with Crippen LogP contribution in [0.1, 0.15) is 35.1 Å². The van der Waals surface area contributed by atoms with Crippen molar-refractivity contribution in [1.82, 2.24) is 0 Å². The Balaban J connectivity index is 2.05. The van der Waals surface area contributed by atoms with Gasteiger partial charge in [0, 0.05) is 15.9 Å². The molecule has 1 N–H and O–H groups in total. The van der Waals surface area contributed by atoms with Crippen LogP contribution >= 0.6 is 7.92 Å². The number of rotatable bonds is 5. The molecule has 0 atom stereocenters. The molecule has 1 aliphatic rings. The first kappa shape index (κ1) is 20.8. The normalized spacial score (nSPS) is 13.2. The monoisotopic (exact) mass is 420 g/mol. The second-order valence-electron chi connectivity index (χ2n) is 7.87. The Morgan fingerprint density at radius 1 is 0.767 bits per heavy atom. The third kappa shape index (κ3) is 3.56. The highest BCUT2D eigenvalue weighted by Crippen LogP contribution is 2.45. The fraction of sp³-hybridized carbons (Fsp3) is 0.308. The van der Waals surface area contributed by atoms with Gasteiger partial charge in [0.05, 0.1) is 14.2 Å². The summed E-state index contributed by atoms with van der Waals surface area (Å²) in [5.74, 6) is 2.15. The Labute approximate surface area is 180 Å². The number of fused-ring (bicyclic) bond motifs is 1. The number of benzene rings is 3. The van der Waals surface area contributed by atoms with Crippen molar-refractivity contribution in [2.45, 2.75) is 39.5 Å². The van der Waals surface area contributed by atoms with Gasteiger partial charge in [-0.05, 0) is 87.9 Å². The van der Waals surface area contributed by atoms with Crippen LogP contribution in [0.4, 0.5) is 0 Å². The van der Waals surface area contributed by atoms with Gasteiger partial charge in [0.2, 0.25) is 0 Å². The predicted octanol–water partition coefficient (Wildman–Crippen LogP) is 4.66. The number of aromatic hydroxyl groups is 1. The number of ether oxygens (including phenoxy) is 2. The first-order valence-electron chi connectivity index (χ1n) is 10.5. The van der Waals surface area contributed by atoms with Crippen molar-refractivity contribution in [2.24, 2.45) is 0 Å². The molecule has 3 nitrogen and oxygen atoms in total. The van der Waals surface area contributed by atoms with Gasteiger partial charge in [0.15, 0.2) is 0 Å². The molecule has 0 saturated carbocycles. The van der Waals surface area contributed by atoms with Crippen molar-refractivity contribution in [3.05, 3.63) is 70.8 Å².